The van der Waals surface area contributed by atoms with E-state index in [1.165, 1.54) is 38.9 Å². The zero-order valence-corrected chi connectivity index (χ0v) is 16.4. The van der Waals surface area contributed by atoms with Crippen molar-refractivity contribution in [3.8, 4) is 28.0 Å². The van der Waals surface area contributed by atoms with Crippen molar-refractivity contribution in [3.63, 3.8) is 0 Å². The Balaban J connectivity index is 1.39. The average molecular weight is 364 g/mol. The Labute approximate surface area is 167 Å². The number of ether oxygens (including phenoxy) is 1. The molecule has 0 bridgehead atoms. The Morgan fingerprint density at radius 3 is 1.25 bits per heavy atom. The summed E-state index contributed by atoms with van der Waals surface area (Å²) < 4.78 is 5.96. The van der Waals surface area contributed by atoms with Crippen LogP contribution >= 0.6 is 0 Å². The molecule has 0 amide bonds. The Kier molecular flexibility index (Phi) is 5.25. The van der Waals surface area contributed by atoms with Crippen LogP contribution in [-0.2, 0) is 6.61 Å². The van der Waals surface area contributed by atoms with Gasteiger partial charge >= 0.3 is 0 Å². The van der Waals surface area contributed by atoms with Gasteiger partial charge in [-0.3, -0.25) is 0 Å². The first kappa shape index (κ1) is 18.1. The van der Waals surface area contributed by atoms with E-state index in [2.05, 4.69) is 98.8 Å². The van der Waals surface area contributed by atoms with E-state index in [-0.39, 0.29) is 0 Å². The quantitative estimate of drug-likeness (QED) is 0.363. The molecular formula is C27H24O. The highest BCUT2D eigenvalue weighted by molar-refractivity contribution is 5.65. The molecule has 0 heterocycles. The number of hydrogen-bond acceptors (Lipinski definition) is 1. The van der Waals surface area contributed by atoms with Gasteiger partial charge in [0.2, 0.25) is 0 Å². The van der Waals surface area contributed by atoms with Gasteiger partial charge < -0.3 is 4.74 Å². The monoisotopic (exact) mass is 364 g/mol. The van der Waals surface area contributed by atoms with Gasteiger partial charge in [-0.25, -0.2) is 0 Å². The Morgan fingerprint density at radius 1 is 0.464 bits per heavy atom. The minimum atomic E-state index is 0.568. The van der Waals surface area contributed by atoms with Gasteiger partial charge in [0.05, 0.1) is 0 Å². The lowest BCUT2D eigenvalue weighted by Gasteiger charge is -2.09. The summed E-state index contributed by atoms with van der Waals surface area (Å²) in [4.78, 5) is 0. The van der Waals surface area contributed by atoms with E-state index in [1.54, 1.807) is 0 Å². The second kappa shape index (κ2) is 8.14. The molecular weight excluding hydrogens is 340 g/mol. The molecule has 4 aromatic rings. The second-order valence-electron chi connectivity index (χ2n) is 7.24. The van der Waals surface area contributed by atoms with Gasteiger partial charge in [0.25, 0.3) is 0 Å². The molecule has 0 fully saturated rings. The lowest BCUT2D eigenvalue weighted by Crippen LogP contribution is -1.95. The van der Waals surface area contributed by atoms with Crippen LogP contribution in [0.25, 0.3) is 22.3 Å². The van der Waals surface area contributed by atoms with Crippen LogP contribution in [-0.4, -0.2) is 0 Å². The van der Waals surface area contributed by atoms with Gasteiger partial charge in [0.15, 0.2) is 0 Å². The fourth-order valence-electron chi connectivity index (χ4n) is 3.20. The topological polar surface area (TPSA) is 9.23 Å². The third-order valence-corrected chi connectivity index (χ3v) is 4.98. The van der Waals surface area contributed by atoms with Gasteiger partial charge in [-0.05, 0) is 53.8 Å². The molecule has 0 unspecified atom stereocenters. The molecule has 0 aliphatic rings. The molecule has 1 heteroatoms. The molecule has 28 heavy (non-hydrogen) atoms. The Bertz CT molecular complexity index is 936. The maximum Gasteiger partial charge on any atom is 0.119 e. The van der Waals surface area contributed by atoms with Crippen molar-refractivity contribution in [1.82, 2.24) is 0 Å². The van der Waals surface area contributed by atoms with Crippen molar-refractivity contribution < 1.29 is 4.74 Å². The van der Waals surface area contributed by atoms with E-state index in [0.717, 1.165) is 5.75 Å². The molecule has 0 N–H and O–H groups in total. The van der Waals surface area contributed by atoms with Crippen molar-refractivity contribution in [2.24, 2.45) is 0 Å². The summed E-state index contributed by atoms with van der Waals surface area (Å²) in [6.45, 7) is 4.78. The zero-order chi connectivity index (χ0) is 19.3. The first-order valence-electron chi connectivity index (χ1n) is 9.63. The van der Waals surface area contributed by atoms with Crippen LogP contribution in [0.15, 0.2) is 97.1 Å². The van der Waals surface area contributed by atoms with E-state index in [1.807, 2.05) is 12.1 Å². The standard InChI is InChI=1S/C27H24O/c1-20-3-9-23(10-4-20)25-13-7-22(8-14-25)19-28-27-17-15-26(16-18-27)24-11-5-21(2)6-12-24/h3-18H,19H2,1-2H3. The van der Waals surface area contributed by atoms with Crippen LogP contribution < -0.4 is 4.74 Å². The molecule has 0 aliphatic heterocycles. The molecule has 0 saturated heterocycles. The highest BCUT2D eigenvalue weighted by Crippen LogP contribution is 2.24. The van der Waals surface area contributed by atoms with Gasteiger partial charge in [-0.1, -0.05) is 96.1 Å². The predicted molar refractivity (Wildman–Crippen MR) is 118 cm³/mol. The van der Waals surface area contributed by atoms with E-state index in [9.17, 15) is 0 Å². The first-order chi connectivity index (χ1) is 13.7. The van der Waals surface area contributed by atoms with E-state index in [0.29, 0.717) is 6.61 Å². The molecule has 138 valence electrons. The first-order valence-corrected chi connectivity index (χ1v) is 9.63. The molecule has 0 atom stereocenters. The zero-order valence-electron chi connectivity index (χ0n) is 16.4. The lowest BCUT2D eigenvalue weighted by molar-refractivity contribution is 0.306. The SMILES string of the molecule is Cc1ccc(-c2ccc(COc3ccc(-c4ccc(C)cc4)cc3)cc2)cc1. The second-order valence-corrected chi connectivity index (χ2v) is 7.24. The molecule has 0 aromatic heterocycles. The maximum absolute atomic E-state index is 5.96. The summed E-state index contributed by atoms with van der Waals surface area (Å²) in [5, 5.41) is 0. The lowest BCUT2D eigenvalue weighted by atomic mass is 10.0. The minimum absolute atomic E-state index is 0.568. The van der Waals surface area contributed by atoms with Crippen LogP contribution in [0.3, 0.4) is 0 Å². The molecule has 0 saturated carbocycles. The molecule has 1 nitrogen and oxygen atoms in total. The van der Waals surface area contributed by atoms with Crippen LogP contribution in [0.1, 0.15) is 16.7 Å². The smallest absolute Gasteiger partial charge is 0.119 e. The largest absolute Gasteiger partial charge is 0.489 e. The molecule has 4 rings (SSSR count). The molecule has 0 radical (unpaired) electrons. The van der Waals surface area contributed by atoms with E-state index in [4.69, 9.17) is 4.74 Å². The average Bonchev–Trinajstić information content (AvgIpc) is 2.74. The van der Waals surface area contributed by atoms with Crippen molar-refractivity contribution in [3.05, 3.63) is 114 Å². The fraction of sp³-hybridized carbons (Fsp3) is 0.111. The summed E-state index contributed by atoms with van der Waals surface area (Å²) in [5.74, 6) is 0.887. The van der Waals surface area contributed by atoms with Crippen LogP contribution in [0.4, 0.5) is 0 Å². The van der Waals surface area contributed by atoms with Crippen molar-refractivity contribution >= 4 is 0 Å². The summed E-state index contributed by atoms with van der Waals surface area (Å²) in [6.07, 6.45) is 0. The summed E-state index contributed by atoms with van der Waals surface area (Å²) in [7, 11) is 0. The number of aryl methyl sites for hydroxylation is 2. The van der Waals surface area contributed by atoms with Gasteiger partial charge in [0.1, 0.15) is 12.4 Å². The third kappa shape index (κ3) is 4.32. The van der Waals surface area contributed by atoms with Crippen molar-refractivity contribution in [1.29, 1.82) is 0 Å². The normalized spacial score (nSPS) is 10.6. The Morgan fingerprint density at radius 2 is 0.821 bits per heavy atom. The van der Waals surface area contributed by atoms with Gasteiger partial charge in [-0.15, -0.1) is 0 Å². The minimum Gasteiger partial charge on any atom is -0.489 e. The number of benzene rings is 4. The summed E-state index contributed by atoms with van der Waals surface area (Å²) >= 11 is 0. The predicted octanol–water partition coefficient (Wildman–Crippen LogP) is 7.22. The fourth-order valence-corrected chi connectivity index (χ4v) is 3.20. The third-order valence-electron chi connectivity index (χ3n) is 4.98. The van der Waals surface area contributed by atoms with Crippen molar-refractivity contribution in [2.75, 3.05) is 0 Å². The summed E-state index contributed by atoms with van der Waals surface area (Å²) in [6, 6.07) is 34.1. The molecule has 0 spiro atoms. The molecule has 4 aromatic carbocycles. The number of rotatable bonds is 5. The highest BCUT2D eigenvalue weighted by atomic mass is 16.5. The highest BCUT2D eigenvalue weighted by Gasteiger charge is 2.01. The number of hydrogen-bond donors (Lipinski definition) is 0. The van der Waals surface area contributed by atoms with Crippen LogP contribution in [0, 0.1) is 13.8 Å². The Hall–Kier alpha value is -3.32. The molecule has 0 aliphatic carbocycles. The van der Waals surface area contributed by atoms with Crippen LogP contribution in [0.5, 0.6) is 5.75 Å². The van der Waals surface area contributed by atoms with E-state index >= 15 is 0 Å². The van der Waals surface area contributed by atoms with Crippen molar-refractivity contribution in [2.45, 2.75) is 20.5 Å². The van der Waals surface area contributed by atoms with Gasteiger partial charge in [0, 0.05) is 0 Å². The van der Waals surface area contributed by atoms with Crippen LogP contribution in [0.2, 0.25) is 0 Å². The van der Waals surface area contributed by atoms with E-state index < -0.39 is 0 Å². The van der Waals surface area contributed by atoms with Gasteiger partial charge in [-0.2, -0.15) is 0 Å². The maximum atomic E-state index is 5.96. The summed E-state index contributed by atoms with van der Waals surface area (Å²) in [5.41, 5.74) is 8.62.